The number of hydroxylamine groups is 3. The van der Waals surface area contributed by atoms with E-state index in [0.717, 1.165) is 5.56 Å². The summed E-state index contributed by atoms with van der Waals surface area (Å²) in [5.74, 6) is -1.02. The molecule has 1 aliphatic heterocycles. The Morgan fingerprint density at radius 2 is 1.69 bits per heavy atom. The Morgan fingerprint density at radius 3 is 2.28 bits per heavy atom. The minimum Gasteiger partial charge on any atom is -0.633 e. The third-order valence-electron chi connectivity index (χ3n) is 5.12. The van der Waals surface area contributed by atoms with Crippen molar-refractivity contribution in [2.75, 3.05) is 45.9 Å². The summed E-state index contributed by atoms with van der Waals surface area (Å²) in [6, 6.07) is 18.2. The standard InChI is InChI=1S/C21H25ClN2O4.ClH/c22-19-8-6-18(7-9-19)21(17-4-2-1-3-5-17)23-10-12-24(27,13-11-23)14-15-28-16-20(25)26;/h1-9,21H,10-16H2,(H,25,26);1H. The van der Waals surface area contributed by atoms with Crippen LogP contribution in [0.2, 0.25) is 5.02 Å². The Bertz CT molecular complexity index is 766. The summed E-state index contributed by atoms with van der Waals surface area (Å²) in [6.45, 7) is 2.29. The molecular formula is C21H26Cl2N2O4. The molecule has 0 amide bonds. The van der Waals surface area contributed by atoms with Crippen LogP contribution >= 0.6 is 24.0 Å². The van der Waals surface area contributed by atoms with Crippen molar-refractivity contribution >= 4 is 30.0 Å². The Balaban J connectivity index is 0.00000300. The van der Waals surface area contributed by atoms with Crippen molar-refractivity contribution in [3.8, 4) is 0 Å². The summed E-state index contributed by atoms with van der Waals surface area (Å²) in [4.78, 5) is 12.8. The second-order valence-electron chi connectivity index (χ2n) is 7.08. The largest absolute Gasteiger partial charge is 0.633 e. The van der Waals surface area contributed by atoms with Gasteiger partial charge in [-0.1, -0.05) is 54.1 Å². The van der Waals surface area contributed by atoms with Gasteiger partial charge < -0.3 is 19.7 Å². The number of aliphatic carboxylic acids is 1. The molecular weight excluding hydrogens is 415 g/mol. The SMILES string of the molecule is Cl.O=C(O)COCC[N+]1([O-])CCN(C(c2ccccc2)c2ccc(Cl)cc2)CC1. The highest BCUT2D eigenvalue weighted by atomic mass is 35.5. The number of carboxylic acid groups (broad SMARTS) is 1. The van der Waals surface area contributed by atoms with E-state index in [9.17, 15) is 10.0 Å². The summed E-state index contributed by atoms with van der Waals surface area (Å²) in [7, 11) is 0. The van der Waals surface area contributed by atoms with E-state index in [1.54, 1.807) is 0 Å². The zero-order valence-electron chi connectivity index (χ0n) is 16.1. The molecule has 0 aromatic heterocycles. The predicted molar refractivity (Wildman–Crippen MR) is 115 cm³/mol. The Labute approximate surface area is 182 Å². The fraction of sp³-hybridized carbons (Fsp3) is 0.381. The molecule has 2 aromatic rings. The molecule has 1 saturated heterocycles. The van der Waals surface area contributed by atoms with Gasteiger partial charge in [-0.3, -0.25) is 4.90 Å². The van der Waals surface area contributed by atoms with Crippen LogP contribution in [0.5, 0.6) is 0 Å². The van der Waals surface area contributed by atoms with Crippen molar-refractivity contribution < 1.29 is 19.3 Å². The maximum absolute atomic E-state index is 12.9. The molecule has 0 aliphatic carbocycles. The molecule has 1 N–H and O–H groups in total. The van der Waals surface area contributed by atoms with E-state index in [1.165, 1.54) is 5.56 Å². The average molecular weight is 441 g/mol. The van der Waals surface area contributed by atoms with Gasteiger partial charge in [0.15, 0.2) is 0 Å². The van der Waals surface area contributed by atoms with Crippen LogP contribution in [-0.2, 0) is 9.53 Å². The first kappa shape index (κ1) is 23.6. The average Bonchev–Trinajstić information content (AvgIpc) is 2.69. The number of halogens is 2. The third-order valence-corrected chi connectivity index (χ3v) is 5.38. The lowest BCUT2D eigenvalue weighted by Gasteiger charge is -2.49. The molecule has 1 heterocycles. The van der Waals surface area contributed by atoms with Crippen molar-refractivity contribution in [2.45, 2.75) is 6.04 Å². The van der Waals surface area contributed by atoms with E-state index < -0.39 is 5.97 Å². The van der Waals surface area contributed by atoms with Gasteiger partial charge in [0.05, 0.1) is 25.7 Å². The van der Waals surface area contributed by atoms with Crippen LogP contribution in [0.3, 0.4) is 0 Å². The molecule has 158 valence electrons. The fourth-order valence-corrected chi connectivity index (χ4v) is 3.74. The van der Waals surface area contributed by atoms with E-state index in [1.807, 2.05) is 42.5 Å². The maximum Gasteiger partial charge on any atom is 0.329 e. The van der Waals surface area contributed by atoms with Crippen molar-refractivity contribution in [1.82, 2.24) is 4.90 Å². The molecule has 1 unspecified atom stereocenters. The van der Waals surface area contributed by atoms with Crippen molar-refractivity contribution in [3.05, 3.63) is 76.0 Å². The number of benzene rings is 2. The van der Waals surface area contributed by atoms with Crippen LogP contribution in [0.1, 0.15) is 17.2 Å². The zero-order valence-corrected chi connectivity index (χ0v) is 17.6. The molecule has 1 aliphatic rings. The first-order chi connectivity index (χ1) is 13.5. The van der Waals surface area contributed by atoms with Gasteiger partial charge in [0, 0.05) is 18.1 Å². The second-order valence-corrected chi connectivity index (χ2v) is 7.51. The van der Waals surface area contributed by atoms with E-state index in [-0.39, 0.29) is 42.9 Å². The van der Waals surface area contributed by atoms with E-state index in [4.69, 9.17) is 21.4 Å². The lowest BCUT2D eigenvalue weighted by Crippen LogP contribution is -2.57. The summed E-state index contributed by atoms with van der Waals surface area (Å²) < 4.78 is 4.70. The Kier molecular flexibility index (Phi) is 8.89. The highest BCUT2D eigenvalue weighted by Gasteiger charge is 2.31. The fourth-order valence-electron chi connectivity index (χ4n) is 3.61. The van der Waals surface area contributed by atoms with Gasteiger partial charge >= 0.3 is 5.97 Å². The molecule has 2 aromatic carbocycles. The third kappa shape index (κ3) is 6.67. The minimum absolute atomic E-state index is 0. The van der Waals surface area contributed by atoms with Gasteiger partial charge in [0.25, 0.3) is 0 Å². The van der Waals surface area contributed by atoms with Crippen LogP contribution in [0.15, 0.2) is 54.6 Å². The van der Waals surface area contributed by atoms with Gasteiger partial charge in [-0.05, 0) is 23.3 Å². The topological polar surface area (TPSA) is 72.8 Å². The molecule has 1 atom stereocenters. The molecule has 8 heteroatoms. The maximum atomic E-state index is 12.9. The van der Waals surface area contributed by atoms with E-state index >= 15 is 0 Å². The van der Waals surface area contributed by atoms with Crippen LogP contribution in [0.25, 0.3) is 0 Å². The first-order valence-corrected chi connectivity index (χ1v) is 9.76. The van der Waals surface area contributed by atoms with Crippen LogP contribution in [-0.4, -0.2) is 66.6 Å². The number of carbonyl (C=O) groups is 1. The highest BCUT2D eigenvalue weighted by Crippen LogP contribution is 2.31. The van der Waals surface area contributed by atoms with Crippen molar-refractivity contribution in [1.29, 1.82) is 0 Å². The normalized spacial score (nSPS) is 17.3. The molecule has 3 rings (SSSR count). The number of hydrogen-bond donors (Lipinski definition) is 1. The summed E-state index contributed by atoms with van der Waals surface area (Å²) in [5, 5.41) is 22.2. The minimum atomic E-state index is -1.02. The molecule has 0 radical (unpaired) electrons. The Hall–Kier alpha value is -1.67. The van der Waals surface area contributed by atoms with Crippen LogP contribution < -0.4 is 0 Å². The number of ether oxygens (including phenoxy) is 1. The highest BCUT2D eigenvalue weighted by molar-refractivity contribution is 6.30. The zero-order chi connectivity index (χ0) is 20.0. The van der Waals surface area contributed by atoms with E-state index in [2.05, 4.69) is 17.0 Å². The van der Waals surface area contributed by atoms with Gasteiger partial charge in [-0.25, -0.2) is 4.79 Å². The first-order valence-electron chi connectivity index (χ1n) is 9.38. The number of nitrogens with zero attached hydrogens (tertiary/aromatic N) is 2. The number of carboxylic acids is 1. The quantitative estimate of drug-likeness (QED) is 0.385. The van der Waals surface area contributed by atoms with Gasteiger partial charge in [-0.2, -0.15) is 0 Å². The molecule has 29 heavy (non-hydrogen) atoms. The van der Waals surface area contributed by atoms with Crippen LogP contribution in [0, 0.1) is 5.21 Å². The molecule has 1 fully saturated rings. The van der Waals surface area contributed by atoms with Crippen molar-refractivity contribution in [2.24, 2.45) is 0 Å². The van der Waals surface area contributed by atoms with Gasteiger partial charge in [-0.15, -0.1) is 12.4 Å². The summed E-state index contributed by atoms with van der Waals surface area (Å²) in [6.07, 6.45) is 0. The summed E-state index contributed by atoms with van der Waals surface area (Å²) >= 11 is 6.06. The van der Waals surface area contributed by atoms with E-state index in [0.29, 0.717) is 31.2 Å². The summed E-state index contributed by atoms with van der Waals surface area (Å²) in [5.41, 5.74) is 2.33. The molecule has 0 bridgehead atoms. The number of hydrogen-bond acceptors (Lipinski definition) is 4. The number of piperazine rings is 1. The van der Waals surface area contributed by atoms with Gasteiger partial charge in [0.1, 0.15) is 13.2 Å². The smallest absolute Gasteiger partial charge is 0.329 e. The lowest BCUT2D eigenvalue weighted by molar-refractivity contribution is -0.885. The molecule has 6 nitrogen and oxygen atoms in total. The van der Waals surface area contributed by atoms with Crippen LogP contribution in [0.4, 0.5) is 0 Å². The molecule has 0 spiro atoms. The van der Waals surface area contributed by atoms with Gasteiger partial charge in [0.2, 0.25) is 0 Å². The number of rotatable bonds is 8. The number of quaternary nitrogens is 1. The lowest BCUT2D eigenvalue weighted by atomic mass is 9.96. The Morgan fingerprint density at radius 1 is 1.10 bits per heavy atom. The molecule has 0 saturated carbocycles. The van der Waals surface area contributed by atoms with Crippen molar-refractivity contribution in [3.63, 3.8) is 0 Å². The predicted octanol–water partition coefficient (Wildman–Crippen LogP) is 3.58. The monoisotopic (exact) mass is 440 g/mol. The second kappa shape index (κ2) is 10.9.